The number of carboxylic acids is 2. The SMILES string of the molecule is CC1=C(C(=O)O)C(c2ccc(Br)cc2F)(C(C)(C)C)C(C(=O)O)=C(C)N1C(C)(C)C. The lowest BCUT2D eigenvalue weighted by Crippen LogP contribution is -2.55. The fraction of sp³-hybridized carbons (Fsp3) is 0.478. The highest BCUT2D eigenvalue weighted by Crippen LogP contribution is 2.58. The first kappa shape index (κ1) is 24.1. The van der Waals surface area contributed by atoms with Crippen LogP contribution in [0.2, 0.25) is 0 Å². The van der Waals surface area contributed by atoms with Gasteiger partial charge in [0.25, 0.3) is 0 Å². The summed E-state index contributed by atoms with van der Waals surface area (Å²) in [5, 5.41) is 20.7. The molecular formula is C23H29BrFNO4. The minimum Gasteiger partial charge on any atom is -0.478 e. The molecule has 0 aromatic heterocycles. The molecule has 30 heavy (non-hydrogen) atoms. The molecule has 1 aliphatic heterocycles. The maximum atomic E-state index is 15.4. The monoisotopic (exact) mass is 481 g/mol. The van der Waals surface area contributed by atoms with Gasteiger partial charge in [-0.05, 0) is 52.2 Å². The van der Waals surface area contributed by atoms with Crippen molar-refractivity contribution < 1.29 is 24.2 Å². The van der Waals surface area contributed by atoms with Crippen molar-refractivity contribution in [3.8, 4) is 0 Å². The number of allylic oxidation sites excluding steroid dienone is 2. The number of nitrogens with zero attached hydrogens (tertiary/aromatic N) is 1. The normalized spacial score (nSPS) is 17.5. The Bertz CT molecular complexity index is 942. The molecule has 7 heteroatoms. The van der Waals surface area contributed by atoms with Crippen LogP contribution in [0, 0.1) is 11.2 Å². The molecule has 0 saturated heterocycles. The maximum absolute atomic E-state index is 15.4. The fourth-order valence-electron chi connectivity index (χ4n) is 5.00. The minimum atomic E-state index is -1.72. The molecule has 164 valence electrons. The van der Waals surface area contributed by atoms with Crippen LogP contribution in [0.1, 0.15) is 61.0 Å². The topological polar surface area (TPSA) is 77.8 Å². The Hall–Kier alpha value is -2.15. The predicted molar refractivity (Wildman–Crippen MR) is 117 cm³/mol. The van der Waals surface area contributed by atoms with Gasteiger partial charge in [-0.25, -0.2) is 14.0 Å². The van der Waals surface area contributed by atoms with Crippen LogP contribution in [0.25, 0.3) is 0 Å². The Morgan fingerprint density at radius 2 is 1.40 bits per heavy atom. The third-order valence-electron chi connectivity index (χ3n) is 5.70. The average molecular weight is 482 g/mol. The molecule has 1 aromatic rings. The highest BCUT2D eigenvalue weighted by molar-refractivity contribution is 9.10. The van der Waals surface area contributed by atoms with Crippen LogP contribution in [0.4, 0.5) is 4.39 Å². The summed E-state index contributed by atoms with van der Waals surface area (Å²) in [5.74, 6) is -3.21. The van der Waals surface area contributed by atoms with E-state index in [1.165, 1.54) is 12.1 Å². The van der Waals surface area contributed by atoms with E-state index >= 15 is 4.39 Å². The molecule has 0 aliphatic carbocycles. The van der Waals surface area contributed by atoms with Gasteiger partial charge in [0, 0.05) is 27.0 Å². The molecule has 0 saturated carbocycles. The summed E-state index contributed by atoms with van der Waals surface area (Å²) in [6, 6.07) is 4.32. The van der Waals surface area contributed by atoms with Gasteiger partial charge < -0.3 is 15.1 Å². The number of benzene rings is 1. The van der Waals surface area contributed by atoms with Gasteiger partial charge in [0.2, 0.25) is 0 Å². The van der Waals surface area contributed by atoms with Crippen molar-refractivity contribution in [1.29, 1.82) is 0 Å². The molecule has 2 N–H and O–H groups in total. The summed E-state index contributed by atoms with van der Waals surface area (Å²) in [6.45, 7) is 14.2. The number of carboxylic acid groups (broad SMARTS) is 2. The molecule has 1 aromatic carbocycles. The summed E-state index contributed by atoms with van der Waals surface area (Å²) < 4.78 is 15.9. The largest absolute Gasteiger partial charge is 0.478 e. The Kier molecular flexibility index (Phi) is 6.05. The lowest BCUT2D eigenvalue weighted by atomic mass is 9.53. The first-order valence-corrected chi connectivity index (χ1v) is 10.4. The van der Waals surface area contributed by atoms with Crippen molar-refractivity contribution in [2.75, 3.05) is 0 Å². The molecule has 0 bridgehead atoms. The van der Waals surface area contributed by atoms with E-state index in [1.807, 2.05) is 20.8 Å². The highest BCUT2D eigenvalue weighted by atomic mass is 79.9. The van der Waals surface area contributed by atoms with Crippen LogP contribution in [0.5, 0.6) is 0 Å². The standard InChI is InChI=1S/C23H29BrFNO4/c1-12-17(19(27)28)23(21(3,4)5,15-10-9-14(24)11-16(15)25)18(20(29)30)13(2)26(12)22(6,7)8/h9-11H,1-8H3,(H,27,28)(H,29,30). The zero-order valence-electron chi connectivity index (χ0n) is 18.6. The highest BCUT2D eigenvalue weighted by Gasteiger charge is 2.59. The van der Waals surface area contributed by atoms with Crippen molar-refractivity contribution in [2.24, 2.45) is 5.41 Å². The van der Waals surface area contributed by atoms with Crippen molar-refractivity contribution >= 4 is 27.9 Å². The molecule has 1 aliphatic rings. The summed E-state index contributed by atoms with van der Waals surface area (Å²) >= 11 is 3.23. The smallest absolute Gasteiger partial charge is 0.334 e. The van der Waals surface area contributed by atoms with Gasteiger partial charge in [0.1, 0.15) is 5.82 Å². The zero-order chi connectivity index (χ0) is 23.4. The fourth-order valence-corrected chi connectivity index (χ4v) is 5.33. The van der Waals surface area contributed by atoms with Crippen molar-refractivity contribution in [3.05, 3.63) is 56.6 Å². The third kappa shape index (κ3) is 3.47. The van der Waals surface area contributed by atoms with E-state index in [0.717, 1.165) is 0 Å². The molecule has 1 heterocycles. The van der Waals surface area contributed by atoms with Crippen molar-refractivity contribution in [3.63, 3.8) is 0 Å². The second-order valence-electron chi connectivity index (χ2n) is 9.66. The first-order chi connectivity index (χ1) is 13.5. The van der Waals surface area contributed by atoms with Crippen LogP contribution in [-0.4, -0.2) is 32.6 Å². The Morgan fingerprint density at radius 3 is 1.70 bits per heavy atom. The third-order valence-corrected chi connectivity index (χ3v) is 6.20. The second-order valence-corrected chi connectivity index (χ2v) is 10.6. The molecule has 0 spiro atoms. The van der Waals surface area contributed by atoms with Crippen LogP contribution < -0.4 is 0 Å². The molecule has 0 fully saturated rings. The van der Waals surface area contributed by atoms with E-state index in [0.29, 0.717) is 15.9 Å². The number of hydrogen-bond donors (Lipinski definition) is 2. The van der Waals surface area contributed by atoms with Crippen LogP contribution in [-0.2, 0) is 15.0 Å². The summed E-state index contributed by atoms with van der Waals surface area (Å²) in [4.78, 5) is 27.1. The molecule has 5 nitrogen and oxygen atoms in total. The van der Waals surface area contributed by atoms with Crippen LogP contribution in [0.15, 0.2) is 45.2 Å². The predicted octanol–water partition coefficient (Wildman–Crippen LogP) is 5.70. The Balaban J connectivity index is 3.25. The van der Waals surface area contributed by atoms with E-state index in [2.05, 4.69) is 15.9 Å². The van der Waals surface area contributed by atoms with E-state index in [9.17, 15) is 19.8 Å². The van der Waals surface area contributed by atoms with Gasteiger partial charge in [-0.1, -0.05) is 42.8 Å². The molecule has 0 unspecified atom stereocenters. The zero-order valence-corrected chi connectivity index (χ0v) is 20.2. The minimum absolute atomic E-state index is 0.0280. The number of carbonyl (C=O) groups is 2. The number of aliphatic carboxylic acids is 2. The van der Waals surface area contributed by atoms with E-state index in [-0.39, 0.29) is 16.7 Å². The average Bonchev–Trinajstić information content (AvgIpc) is 2.50. The van der Waals surface area contributed by atoms with Crippen LogP contribution >= 0.6 is 15.9 Å². The van der Waals surface area contributed by atoms with E-state index in [1.54, 1.807) is 45.6 Å². The lowest BCUT2D eigenvalue weighted by molar-refractivity contribution is -0.136. The molecule has 0 atom stereocenters. The number of halogens is 2. The maximum Gasteiger partial charge on any atom is 0.334 e. The molecule has 0 radical (unpaired) electrons. The molecule has 0 amide bonds. The number of rotatable bonds is 3. The van der Waals surface area contributed by atoms with E-state index in [4.69, 9.17) is 0 Å². The van der Waals surface area contributed by atoms with Gasteiger partial charge in [0.15, 0.2) is 0 Å². The Morgan fingerprint density at radius 1 is 0.967 bits per heavy atom. The second kappa shape index (κ2) is 7.52. The first-order valence-electron chi connectivity index (χ1n) is 9.64. The quantitative estimate of drug-likeness (QED) is 0.578. The molecule has 2 rings (SSSR count). The van der Waals surface area contributed by atoms with Gasteiger partial charge in [-0.2, -0.15) is 0 Å². The number of hydrogen-bond acceptors (Lipinski definition) is 3. The van der Waals surface area contributed by atoms with Gasteiger partial charge in [-0.15, -0.1) is 0 Å². The van der Waals surface area contributed by atoms with Crippen LogP contribution in [0.3, 0.4) is 0 Å². The van der Waals surface area contributed by atoms with Gasteiger partial charge in [0.05, 0.1) is 16.6 Å². The van der Waals surface area contributed by atoms with Crippen molar-refractivity contribution in [2.45, 2.75) is 66.3 Å². The van der Waals surface area contributed by atoms with Gasteiger partial charge >= 0.3 is 11.9 Å². The van der Waals surface area contributed by atoms with Gasteiger partial charge in [-0.3, -0.25) is 0 Å². The summed E-state index contributed by atoms with van der Waals surface area (Å²) in [6.07, 6.45) is 0. The summed E-state index contributed by atoms with van der Waals surface area (Å²) in [5.41, 5.74) is -2.72. The Labute approximate surface area is 185 Å². The lowest BCUT2D eigenvalue weighted by Gasteiger charge is -2.54. The molecular weight excluding hydrogens is 453 g/mol. The van der Waals surface area contributed by atoms with Crippen molar-refractivity contribution in [1.82, 2.24) is 4.90 Å². The summed E-state index contributed by atoms with van der Waals surface area (Å²) in [7, 11) is 0. The van der Waals surface area contributed by atoms with E-state index < -0.39 is 34.1 Å².